The van der Waals surface area contributed by atoms with Gasteiger partial charge in [-0.1, -0.05) is 17.5 Å². The van der Waals surface area contributed by atoms with Crippen LogP contribution in [0.3, 0.4) is 0 Å². The van der Waals surface area contributed by atoms with Crippen molar-refractivity contribution in [2.75, 3.05) is 18.5 Å². The van der Waals surface area contributed by atoms with E-state index >= 15 is 0 Å². The van der Waals surface area contributed by atoms with Gasteiger partial charge in [-0.15, -0.1) is 6.42 Å². The monoisotopic (exact) mass is 209 g/mol. The number of hydrogen-bond acceptors (Lipinski definition) is 4. The number of aldehydes is 1. The van der Waals surface area contributed by atoms with Crippen LogP contribution >= 0.6 is 11.6 Å². The summed E-state index contributed by atoms with van der Waals surface area (Å²) in [6.45, 7) is 0.355. The Labute approximate surface area is 86.9 Å². The predicted octanol–water partition coefficient (Wildman–Crippen LogP) is 1.01. The third-order valence-electron chi connectivity index (χ3n) is 1.62. The highest BCUT2D eigenvalue weighted by atomic mass is 35.5. The standard InChI is InChI=1S/C9H8ClN3O/c1-3-4-13(2)9-7(5-14)8(10)11-6-12-9/h1,5-6H,4H2,2H3. The van der Waals surface area contributed by atoms with E-state index < -0.39 is 0 Å². The van der Waals surface area contributed by atoms with E-state index in [4.69, 9.17) is 18.0 Å². The summed E-state index contributed by atoms with van der Waals surface area (Å²) < 4.78 is 0. The summed E-state index contributed by atoms with van der Waals surface area (Å²) in [4.78, 5) is 20.0. The van der Waals surface area contributed by atoms with Crippen LogP contribution in [0.5, 0.6) is 0 Å². The maximum Gasteiger partial charge on any atom is 0.156 e. The second-order valence-corrected chi connectivity index (χ2v) is 2.94. The van der Waals surface area contributed by atoms with Gasteiger partial charge in [-0.2, -0.15) is 0 Å². The maximum atomic E-state index is 10.7. The van der Waals surface area contributed by atoms with Crippen LogP contribution in [0, 0.1) is 12.3 Å². The van der Waals surface area contributed by atoms with E-state index in [0.717, 1.165) is 0 Å². The van der Waals surface area contributed by atoms with Crippen molar-refractivity contribution < 1.29 is 4.79 Å². The van der Waals surface area contributed by atoms with Gasteiger partial charge in [-0.3, -0.25) is 4.79 Å². The smallest absolute Gasteiger partial charge is 0.156 e. The number of carbonyl (C=O) groups is 1. The Morgan fingerprint density at radius 1 is 1.71 bits per heavy atom. The lowest BCUT2D eigenvalue weighted by molar-refractivity contribution is 0.112. The van der Waals surface area contributed by atoms with Gasteiger partial charge in [0.05, 0.1) is 12.1 Å². The minimum atomic E-state index is 0.133. The second-order valence-electron chi connectivity index (χ2n) is 2.58. The molecule has 14 heavy (non-hydrogen) atoms. The molecule has 0 aliphatic heterocycles. The van der Waals surface area contributed by atoms with Crippen molar-refractivity contribution in [2.24, 2.45) is 0 Å². The van der Waals surface area contributed by atoms with Crippen molar-refractivity contribution in [1.29, 1.82) is 0 Å². The first-order valence-electron chi connectivity index (χ1n) is 3.81. The lowest BCUT2D eigenvalue weighted by atomic mass is 10.3. The number of terminal acetylenes is 1. The molecule has 0 bridgehead atoms. The molecule has 72 valence electrons. The molecule has 0 aliphatic carbocycles. The number of nitrogens with zero attached hydrogens (tertiary/aromatic N) is 3. The zero-order valence-electron chi connectivity index (χ0n) is 7.57. The van der Waals surface area contributed by atoms with E-state index in [-0.39, 0.29) is 10.7 Å². The lowest BCUT2D eigenvalue weighted by Gasteiger charge is -2.16. The molecule has 1 aromatic rings. The highest BCUT2D eigenvalue weighted by Crippen LogP contribution is 2.19. The zero-order chi connectivity index (χ0) is 10.6. The van der Waals surface area contributed by atoms with Crippen molar-refractivity contribution in [2.45, 2.75) is 0 Å². The molecule has 4 nitrogen and oxygen atoms in total. The molecular formula is C9H8ClN3O. The first kappa shape index (κ1) is 10.5. The molecule has 0 aromatic carbocycles. The molecule has 0 atom stereocenters. The fourth-order valence-corrected chi connectivity index (χ4v) is 1.16. The first-order chi connectivity index (χ1) is 6.70. The van der Waals surface area contributed by atoms with Gasteiger partial charge in [-0.25, -0.2) is 9.97 Å². The van der Waals surface area contributed by atoms with Gasteiger partial charge in [0, 0.05) is 7.05 Å². The van der Waals surface area contributed by atoms with Crippen LogP contribution in [-0.4, -0.2) is 29.8 Å². The van der Waals surface area contributed by atoms with E-state index in [1.54, 1.807) is 11.9 Å². The zero-order valence-corrected chi connectivity index (χ0v) is 8.32. The summed E-state index contributed by atoms with van der Waals surface area (Å²) in [5, 5.41) is 0.133. The highest BCUT2D eigenvalue weighted by Gasteiger charge is 2.11. The molecule has 0 saturated carbocycles. The molecule has 0 radical (unpaired) electrons. The summed E-state index contributed by atoms with van der Waals surface area (Å²) in [7, 11) is 1.73. The quantitative estimate of drug-likeness (QED) is 0.424. The summed E-state index contributed by atoms with van der Waals surface area (Å²) in [5.74, 6) is 2.89. The van der Waals surface area contributed by atoms with Gasteiger partial charge < -0.3 is 4.90 Å². The molecule has 5 heteroatoms. The van der Waals surface area contributed by atoms with Crippen LogP contribution in [0.15, 0.2) is 6.33 Å². The van der Waals surface area contributed by atoms with Crippen molar-refractivity contribution in [3.8, 4) is 12.3 Å². The van der Waals surface area contributed by atoms with Crippen LogP contribution in [0.1, 0.15) is 10.4 Å². The third-order valence-corrected chi connectivity index (χ3v) is 1.92. The Hall–Kier alpha value is -1.60. The van der Waals surface area contributed by atoms with Crippen LogP contribution in [0.2, 0.25) is 5.15 Å². The molecule has 0 fully saturated rings. The lowest BCUT2D eigenvalue weighted by Crippen LogP contribution is -2.20. The molecule has 0 aliphatic rings. The SMILES string of the molecule is C#CCN(C)c1ncnc(Cl)c1C=O. The van der Waals surface area contributed by atoms with Gasteiger partial charge in [-0.05, 0) is 0 Å². The molecule has 0 unspecified atom stereocenters. The Kier molecular flexibility index (Phi) is 3.43. The normalized spacial score (nSPS) is 9.21. The predicted molar refractivity (Wildman–Crippen MR) is 54.5 cm³/mol. The number of hydrogen-bond donors (Lipinski definition) is 0. The van der Waals surface area contributed by atoms with Gasteiger partial charge in [0.1, 0.15) is 17.3 Å². The maximum absolute atomic E-state index is 10.7. The Morgan fingerprint density at radius 2 is 2.43 bits per heavy atom. The molecule has 1 heterocycles. The van der Waals surface area contributed by atoms with Crippen LogP contribution in [-0.2, 0) is 0 Å². The van der Waals surface area contributed by atoms with Gasteiger partial charge in [0.2, 0.25) is 0 Å². The van der Waals surface area contributed by atoms with Crippen molar-refractivity contribution in [3.05, 3.63) is 17.0 Å². The first-order valence-corrected chi connectivity index (χ1v) is 4.18. The number of halogens is 1. The Balaban J connectivity index is 3.14. The molecule has 0 N–H and O–H groups in total. The largest absolute Gasteiger partial charge is 0.348 e. The van der Waals surface area contributed by atoms with Gasteiger partial charge >= 0.3 is 0 Å². The molecule has 1 aromatic heterocycles. The summed E-state index contributed by atoms with van der Waals surface area (Å²) in [6, 6.07) is 0. The fourth-order valence-electron chi connectivity index (χ4n) is 0.983. The van der Waals surface area contributed by atoms with E-state index in [1.165, 1.54) is 6.33 Å². The number of rotatable bonds is 3. The van der Waals surface area contributed by atoms with E-state index in [1.807, 2.05) is 0 Å². The average Bonchev–Trinajstić information content (AvgIpc) is 2.17. The Morgan fingerprint density at radius 3 is 3.00 bits per heavy atom. The topological polar surface area (TPSA) is 46.1 Å². The third kappa shape index (κ3) is 2.01. The molecule has 0 amide bonds. The number of anilines is 1. The van der Waals surface area contributed by atoms with Crippen LogP contribution < -0.4 is 4.90 Å². The van der Waals surface area contributed by atoms with Crippen molar-refractivity contribution >= 4 is 23.7 Å². The fraction of sp³-hybridized carbons (Fsp3) is 0.222. The second kappa shape index (κ2) is 4.58. The number of aromatic nitrogens is 2. The minimum absolute atomic E-state index is 0.133. The molecule has 1 rings (SSSR count). The van der Waals surface area contributed by atoms with Crippen molar-refractivity contribution in [3.63, 3.8) is 0 Å². The van der Waals surface area contributed by atoms with Gasteiger partial charge in [0.25, 0.3) is 0 Å². The van der Waals surface area contributed by atoms with Gasteiger partial charge in [0.15, 0.2) is 6.29 Å². The van der Waals surface area contributed by atoms with E-state index in [9.17, 15) is 4.79 Å². The highest BCUT2D eigenvalue weighted by molar-refractivity contribution is 6.32. The summed E-state index contributed by atoms with van der Waals surface area (Å²) >= 11 is 5.71. The van der Waals surface area contributed by atoms with E-state index in [0.29, 0.717) is 18.6 Å². The van der Waals surface area contributed by atoms with Crippen LogP contribution in [0.25, 0.3) is 0 Å². The van der Waals surface area contributed by atoms with E-state index in [2.05, 4.69) is 15.9 Å². The van der Waals surface area contributed by atoms with Crippen molar-refractivity contribution in [1.82, 2.24) is 9.97 Å². The Bertz CT molecular complexity index is 386. The molecule has 0 spiro atoms. The summed E-state index contributed by atoms with van der Waals surface area (Å²) in [5.41, 5.74) is 0.256. The molecular weight excluding hydrogens is 202 g/mol. The minimum Gasteiger partial charge on any atom is -0.348 e. The average molecular weight is 210 g/mol. The molecule has 0 saturated heterocycles. The van der Waals surface area contributed by atoms with Crippen LogP contribution in [0.4, 0.5) is 5.82 Å². The number of carbonyl (C=O) groups excluding carboxylic acids is 1. The summed E-state index contributed by atoms with van der Waals surface area (Å²) in [6.07, 6.45) is 7.05.